The first-order valence-electron chi connectivity index (χ1n) is 5.57. The molecule has 0 aliphatic carbocycles. The van der Waals surface area contributed by atoms with E-state index in [0.717, 1.165) is 4.90 Å². The van der Waals surface area contributed by atoms with Crippen LogP contribution in [0.15, 0.2) is 0 Å². The van der Waals surface area contributed by atoms with Gasteiger partial charge in [0.2, 0.25) is 0 Å². The monoisotopic (exact) mass is 266 g/mol. The number of rotatable bonds is 1. The molecule has 2 aliphatic rings. The Balaban J connectivity index is 1.86. The van der Waals surface area contributed by atoms with E-state index < -0.39 is 29.5 Å². The van der Waals surface area contributed by atoms with Gasteiger partial charge in [0, 0.05) is 19.6 Å². The summed E-state index contributed by atoms with van der Waals surface area (Å²) in [5.41, 5.74) is -0.521. The van der Waals surface area contributed by atoms with Gasteiger partial charge in [-0.15, -0.1) is 0 Å². The second kappa shape index (κ2) is 4.11. The molecule has 2 aliphatic heterocycles. The van der Waals surface area contributed by atoms with Gasteiger partial charge in [-0.05, 0) is 12.8 Å². The van der Waals surface area contributed by atoms with Gasteiger partial charge in [-0.3, -0.25) is 9.59 Å². The van der Waals surface area contributed by atoms with Crippen LogP contribution in [0.5, 0.6) is 0 Å². The van der Waals surface area contributed by atoms with Crippen molar-refractivity contribution in [1.29, 1.82) is 0 Å². The molecule has 1 spiro atoms. The number of hydrogen-bond acceptors (Lipinski definition) is 3. The van der Waals surface area contributed by atoms with Crippen LogP contribution in [-0.4, -0.2) is 53.2 Å². The number of piperidine rings is 1. The Morgan fingerprint density at radius 1 is 1.33 bits per heavy atom. The minimum Gasteiger partial charge on any atom is -0.481 e. The van der Waals surface area contributed by atoms with E-state index in [4.69, 9.17) is 5.11 Å². The van der Waals surface area contributed by atoms with Crippen molar-refractivity contribution < 1.29 is 27.9 Å². The van der Waals surface area contributed by atoms with Crippen molar-refractivity contribution in [3.63, 3.8) is 0 Å². The van der Waals surface area contributed by atoms with Crippen molar-refractivity contribution in [3.05, 3.63) is 0 Å². The molecule has 2 fully saturated rings. The number of halogens is 3. The SMILES string of the molecule is O=C(O)C1CCC2(CN(C(=O)C(F)(F)F)C2)NC1. The molecule has 5 nitrogen and oxygen atoms in total. The van der Waals surface area contributed by atoms with Crippen molar-refractivity contribution in [3.8, 4) is 0 Å². The van der Waals surface area contributed by atoms with Crippen molar-refractivity contribution in [2.75, 3.05) is 19.6 Å². The molecule has 0 aromatic heterocycles. The van der Waals surface area contributed by atoms with E-state index in [1.165, 1.54) is 0 Å². The Kier molecular flexibility index (Phi) is 3.00. The van der Waals surface area contributed by atoms with Gasteiger partial charge in [0.15, 0.2) is 0 Å². The molecule has 18 heavy (non-hydrogen) atoms. The number of carboxylic acids is 1. The van der Waals surface area contributed by atoms with E-state index >= 15 is 0 Å². The number of aliphatic carboxylic acids is 1. The van der Waals surface area contributed by atoms with Crippen LogP contribution in [0.1, 0.15) is 12.8 Å². The van der Waals surface area contributed by atoms with E-state index in [0.29, 0.717) is 12.8 Å². The zero-order chi connectivity index (χ0) is 13.6. The van der Waals surface area contributed by atoms with Gasteiger partial charge in [0.25, 0.3) is 0 Å². The molecular formula is C10H13F3N2O3. The lowest BCUT2D eigenvalue weighted by atomic mass is 9.78. The zero-order valence-corrected chi connectivity index (χ0v) is 9.46. The molecule has 2 saturated heterocycles. The first-order chi connectivity index (χ1) is 8.23. The van der Waals surface area contributed by atoms with Crippen LogP contribution < -0.4 is 5.32 Å². The third kappa shape index (κ3) is 2.29. The topological polar surface area (TPSA) is 69.6 Å². The summed E-state index contributed by atoms with van der Waals surface area (Å²) in [6.45, 7) is 0.235. The predicted molar refractivity (Wildman–Crippen MR) is 53.7 cm³/mol. The van der Waals surface area contributed by atoms with Gasteiger partial charge < -0.3 is 15.3 Å². The zero-order valence-electron chi connectivity index (χ0n) is 9.46. The summed E-state index contributed by atoms with van der Waals surface area (Å²) in [7, 11) is 0. The van der Waals surface area contributed by atoms with E-state index in [1.54, 1.807) is 0 Å². The molecule has 0 aromatic carbocycles. The molecule has 1 atom stereocenters. The second-order valence-electron chi connectivity index (χ2n) is 4.89. The smallest absolute Gasteiger partial charge is 0.471 e. The Labute approximate surface area is 101 Å². The molecule has 0 radical (unpaired) electrons. The number of nitrogens with zero attached hydrogens (tertiary/aromatic N) is 1. The number of carbonyl (C=O) groups is 2. The molecular weight excluding hydrogens is 253 g/mol. The van der Waals surface area contributed by atoms with Crippen LogP contribution in [-0.2, 0) is 9.59 Å². The number of hydrogen-bond donors (Lipinski definition) is 2. The molecule has 2 rings (SSSR count). The number of alkyl halides is 3. The number of amides is 1. The number of carboxylic acid groups (broad SMARTS) is 1. The van der Waals surface area contributed by atoms with Crippen molar-refractivity contribution in [2.45, 2.75) is 24.6 Å². The molecule has 1 unspecified atom stereocenters. The van der Waals surface area contributed by atoms with Crippen molar-refractivity contribution in [2.24, 2.45) is 5.92 Å². The number of likely N-dealkylation sites (tertiary alicyclic amines) is 1. The fraction of sp³-hybridized carbons (Fsp3) is 0.800. The summed E-state index contributed by atoms with van der Waals surface area (Å²) in [6.07, 6.45) is -3.93. The Bertz CT molecular complexity index is 367. The van der Waals surface area contributed by atoms with E-state index in [2.05, 4.69) is 5.32 Å². The van der Waals surface area contributed by atoms with Crippen LogP contribution in [0.2, 0.25) is 0 Å². The van der Waals surface area contributed by atoms with Gasteiger partial charge >= 0.3 is 18.1 Å². The summed E-state index contributed by atoms with van der Waals surface area (Å²) in [6, 6.07) is 0. The van der Waals surface area contributed by atoms with Crippen molar-refractivity contribution >= 4 is 11.9 Å². The van der Waals surface area contributed by atoms with Crippen molar-refractivity contribution in [1.82, 2.24) is 10.2 Å². The Hall–Kier alpha value is -1.31. The maximum Gasteiger partial charge on any atom is 0.471 e. The molecule has 1 amide bonds. The van der Waals surface area contributed by atoms with E-state index in [-0.39, 0.29) is 19.6 Å². The second-order valence-corrected chi connectivity index (χ2v) is 4.89. The molecule has 102 valence electrons. The molecule has 0 saturated carbocycles. The molecule has 0 aromatic rings. The lowest BCUT2D eigenvalue weighted by Crippen LogP contribution is -2.73. The van der Waals surface area contributed by atoms with Crippen LogP contribution >= 0.6 is 0 Å². The highest BCUT2D eigenvalue weighted by atomic mass is 19.4. The fourth-order valence-electron chi connectivity index (χ4n) is 2.47. The van der Waals surface area contributed by atoms with Crippen LogP contribution in [0.4, 0.5) is 13.2 Å². The minimum atomic E-state index is -4.83. The van der Waals surface area contributed by atoms with E-state index in [9.17, 15) is 22.8 Å². The summed E-state index contributed by atoms with van der Waals surface area (Å²) in [4.78, 5) is 22.4. The average Bonchev–Trinajstić information content (AvgIpc) is 2.23. The lowest BCUT2D eigenvalue weighted by molar-refractivity contribution is -0.194. The van der Waals surface area contributed by atoms with Gasteiger partial charge in [0.1, 0.15) is 0 Å². The average molecular weight is 266 g/mol. The standard InChI is InChI=1S/C10H13F3N2O3/c11-10(12,13)8(18)15-4-9(5-15)2-1-6(3-14-9)7(16)17/h6,14H,1-5H2,(H,16,17). The maximum absolute atomic E-state index is 12.2. The highest BCUT2D eigenvalue weighted by Crippen LogP contribution is 2.34. The number of nitrogens with one attached hydrogen (secondary N) is 1. The third-order valence-corrected chi connectivity index (χ3v) is 3.56. The van der Waals surface area contributed by atoms with Gasteiger partial charge in [-0.1, -0.05) is 0 Å². The lowest BCUT2D eigenvalue weighted by Gasteiger charge is -2.53. The first-order valence-corrected chi connectivity index (χ1v) is 5.57. The van der Waals surface area contributed by atoms with E-state index in [1.807, 2.05) is 0 Å². The quantitative estimate of drug-likeness (QED) is 0.712. The van der Waals surface area contributed by atoms with Crippen LogP contribution in [0.25, 0.3) is 0 Å². The van der Waals surface area contributed by atoms with Gasteiger partial charge in [-0.25, -0.2) is 0 Å². The summed E-state index contributed by atoms with van der Waals surface area (Å²) in [5.74, 6) is -3.22. The first kappa shape index (κ1) is 13.1. The Morgan fingerprint density at radius 3 is 2.33 bits per heavy atom. The maximum atomic E-state index is 12.2. The fourth-order valence-corrected chi connectivity index (χ4v) is 2.47. The third-order valence-electron chi connectivity index (χ3n) is 3.56. The molecule has 2 N–H and O–H groups in total. The Morgan fingerprint density at radius 2 is 1.94 bits per heavy atom. The molecule has 2 heterocycles. The predicted octanol–water partition coefficient (Wildman–Crippen LogP) is 0.214. The van der Waals surface area contributed by atoms with Crippen LogP contribution in [0.3, 0.4) is 0 Å². The normalized spacial score (nSPS) is 26.8. The number of carbonyl (C=O) groups excluding carboxylic acids is 1. The summed E-state index contributed by atoms with van der Waals surface area (Å²) >= 11 is 0. The van der Waals surface area contributed by atoms with Gasteiger partial charge in [-0.2, -0.15) is 13.2 Å². The van der Waals surface area contributed by atoms with Crippen LogP contribution in [0, 0.1) is 5.92 Å². The molecule has 0 bridgehead atoms. The highest BCUT2D eigenvalue weighted by molar-refractivity contribution is 5.83. The molecule has 8 heteroatoms. The largest absolute Gasteiger partial charge is 0.481 e. The minimum absolute atomic E-state index is 0.00230. The summed E-state index contributed by atoms with van der Waals surface area (Å²) < 4.78 is 36.5. The highest BCUT2D eigenvalue weighted by Gasteiger charge is 2.53. The summed E-state index contributed by atoms with van der Waals surface area (Å²) in [5, 5.41) is 11.8. The van der Waals surface area contributed by atoms with Gasteiger partial charge in [0.05, 0.1) is 11.5 Å².